The summed E-state index contributed by atoms with van der Waals surface area (Å²) in [6.07, 6.45) is -0.0758. The Kier molecular flexibility index (Phi) is 6.42. The molecule has 0 unspecified atom stereocenters. The van der Waals surface area contributed by atoms with Crippen LogP contribution in [0.1, 0.15) is 21.8 Å². The zero-order valence-electron chi connectivity index (χ0n) is 15.6. The van der Waals surface area contributed by atoms with Gasteiger partial charge in [0.2, 0.25) is 11.0 Å². The molecular formula is C18H19N5O3S2. The number of nitrogens with zero attached hydrogens (tertiary/aromatic N) is 3. The number of hydrogen-bond acceptors (Lipinski definition) is 8. The van der Waals surface area contributed by atoms with Crippen LogP contribution in [-0.2, 0) is 17.0 Å². The molecule has 0 aliphatic heterocycles. The van der Waals surface area contributed by atoms with Gasteiger partial charge in [0, 0.05) is 17.0 Å². The first-order chi connectivity index (χ1) is 13.4. The van der Waals surface area contributed by atoms with Crippen molar-refractivity contribution in [2.24, 2.45) is 0 Å². The predicted molar refractivity (Wildman–Crippen MR) is 109 cm³/mol. The van der Waals surface area contributed by atoms with Gasteiger partial charge in [0.25, 0.3) is 5.56 Å². The molecule has 0 radical (unpaired) electrons. The Balaban J connectivity index is 1.66. The zero-order chi connectivity index (χ0) is 20.1. The number of methoxy groups -OCH3 is 1. The van der Waals surface area contributed by atoms with Gasteiger partial charge in [-0.15, -0.1) is 10.2 Å². The minimum Gasteiger partial charge on any atom is -0.497 e. The van der Waals surface area contributed by atoms with E-state index >= 15 is 0 Å². The van der Waals surface area contributed by atoms with Crippen molar-refractivity contribution < 1.29 is 9.53 Å². The van der Waals surface area contributed by atoms with Crippen molar-refractivity contribution in [2.45, 2.75) is 31.2 Å². The Morgan fingerprint density at radius 3 is 2.82 bits per heavy atom. The Morgan fingerprint density at radius 1 is 1.32 bits per heavy atom. The van der Waals surface area contributed by atoms with Gasteiger partial charge in [0.1, 0.15) is 10.8 Å². The Bertz CT molecular complexity index is 1050. The highest BCUT2D eigenvalue weighted by Crippen LogP contribution is 2.22. The van der Waals surface area contributed by atoms with E-state index in [0.29, 0.717) is 27.3 Å². The number of thioether (sulfide) groups is 1. The van der Waals surface area contributed by atoms with Crippen molar-refractivity contribution in [3.63, 3.8) is 0 Å². The van der Waals surface area contributed by atoms with Crippen LogP contribution in [0.5, 0.6) is 5.75 Å². The third kappa shape index (κ3) is 5.17. The molecule has 3 rings (SSSR count). The topological polar surface area (TPSA) is 110 Å². The third-order valence-corrected chi connectivity index (χ3v) is 5.52. The quantitative estimate of drug-likeness (QED) is 0.449. The van der Waals surface area contributed by atoms with Gasteiger partial charge in [-0.2, -0.15) is 0 Å². The highest BCUT2D eigenvalue weighted by molar-refractivity contribution is 7.98. The van der Waals surface area contributed by atoms with Gasteiger partial charge in [0.15, 0.2) is 5.16 Å². The minimum atomic E-state index is -0.330. The largest absolute Gasteiger partial charge is 0.497 e. The van der Waals surface area contributed by atoms with E-state index in [4.69, 9.17) is 4.74 Å². The van der Waals surface area contributed by atoms with Crippen LogP contribution in [0.25, 0.3) is 0 Å². The van der Waals surface area contributed by atoms with Crippen LogP contribution < -0.4 is 15.6 Å². The number of amides is 1. The van der Waals surface area contributed by atoms with Gasteiger partial charge >= 0.3 is 0 Å². The molecule has 2 N–H and O–H groups in total. The van der Waals surface area contributed by atoms with Gasteiger partial charge in [-0.3, -0.25) is 9.59 Å². The summed E-state index contributed by atoms with van der Waals surface area (Å²) in [6.45, 7) is 3.52. The average molecular weight is 418 g/mol. The monoisotopic (exact) mass is 417 g/mol. The highest BCUT2D eigenvalue weighted by atomic mass is 32.2. The third-order valence-electron chi connectivity index (χ3n) is 3.82. The molecule has 28 heavy (non-hydrogen) atoms. The zero-order valence-corrected chi connectivity index (χ0v) is 17.2. The lowest BCUT2D eigenvalue weighted by Crippen LogP contribution is -2.23. The Labute approximate surface area is 169 Å². The molecule has 0 atom stereocenters. The number of H-pyrrole nitrogens is 1. The standard InChI is InChI=1S/C18H19N5O3S2/c1-10-14(8-15(24)20-18-23-22-11(2)28-18)16(25)21-17(19-10)27-9-12-5-4-6-13(7-12)26-3/h4-7H,8-9H2,1-3H3,(H,19,21,25)(H,20,23,24). The number of aryl methyl sites for hydroxylation is 2. The van der Waals surface area contributed by atoms with E-state index in [-0.39, 0.29) is 17.9 Å². The van der Waals surface area contributed by atoms with Crippen molar-refractivity contribution in [3.05, 3.63) is 56.4 Å². The fourth-order valence-corrected chi connectivity index (χ4v) is 3.90. The maximum absolute atomic E-state index is 12.4. The molecule has 0 aliphatic carbocycles. The Morgan fingerprint density at radius 2 is 2.14 bits per heavy atom. The first-order valence-electron chi connectivity index (χ1n) is 8.40. The fourth-order valence-electron chi connectivity index (χ4n) is 2.45. The molecule has 1 amide bonds. The predicted octanol–water partition coefficient (Wildman–Crippen LogP) is 2.72. The maximum atomic E-state index is 12.4. The number of anilines is 1. The van der Waals surface area contributed by atoms with E-state index in [2.05, 4.69) is 25.5 Å². The van der Waals surface area contributed by atoms with E-state index < -0.39 is 0 Å². The molecule has 1 aromatic carbocycles. The molecule has 8 nitrogen and oxygen atoms in total. The van der Waals surface area contributed by atoms with E-state index in [1.54, 1.807) is 21.0 Å². The van der Waals surface area contributed by atoms with E-state index in [1.165, 1.54) is 23.1 Å². The van der Waals surface area contributed by atoms with Crippen LogP contribution in [0.3, 0.4) is 0 Å². The van der Waals surface area contributed by atoms with E-state index in [0.717, 1.165) is 16.3 Å². The summed E-state index contributed by atoms with van der Waals surface area (Å²) in [7, 11) is 1.62. The molecule has 2 aromatic heterocycles. The molecule has 10 heteroatoms. The maximum Gasteiger partial charge on any atom is 0.255 e. The van der Waals surface area contributed by atoms with Gasteiger partial charge in [0.05, 0.1) is 13.5 Å². The minimum absolute atomic E-state index is 0.0758. The summed E-state index contributed by atoms with van der Waals surface area (Å²) < 4.78 is 5.21. The number of carbonyl (C=O) groups excluding carboxylic acids is 1. The van der Waals surface area contributed by atoms with Crippen LogP contribution in [-0.4, -0.2) is 33.2 Å². The lowest BCUT2D eigenvalue weighted by Gasteiger charge is -2.08. The molecule has 3 aromatic rings. The number of nitrogens with one attached hydrogen (secondary N) is 2. The molecule has 0 spiro atoms. The fraction of sp³-hybridized carbons (Fsp3) is 0.278. The number of benzene rings is 1. The van der Waals surface area contributed by atoms with Crippen LogP contribution in [0, 0.1) is 13.8 Å². The van der Waals surface area contributed by atoms with Gasteiger partial charge in [-0.1, -0.05) is 35.2 Å². The average Bonchev–Trinajstić information content (AvgIpc) is 3.07. The molecule has 0 saturated carbocycles. The highest BCUT2D eigenvalue weighted by Gasteiger charge is 2.14. The van der Waals surface area contributed by atoms with Crippen molar-refractivity contribution in [2.75, 3.05) is 12.4 Å². The lowest BCUT2D eigenvalue weighted by atomic mass is 10.1. The van der Waals surface area contributed by atoms with Crippen molar-refractivity contribution in [1.29, 1.82) is 0 Å². The first kappa shape index (κ1) is 20.0. The number of hydrogen-bond donors (Lipinski definition) is 2. The number of rotatable bonds is 7. The van der Waals surface area contributed by atoms with Crippen molar-refractivity contribution >= 4 is 34.1 Å². The SMILES string of the molecule is COc1cccc(CSc2nc(C)c(CC(=O)Nc3nnc(C)s3)c(=O)[nH]2)c1. The van der Waals surface area contributed by atoms with Gasteiger partial charge < -0.3 is 15.0 Å². The lowest BCUT2D eigenvalue weighted by molar-refractivity contribution is -0.115. The van der Waals surface area contributed by atoms with Gasteiger partial charge in [-0.05, 0) is 31.5 Å². The molecule has 2 heterocycles. The molecule has 146 valence electrons. The number of aromatic amines is 1. The molecule has 0 aliphatic rings. The van der Waals surface area contributed by atoms with Crippen LogP contribution in [0.15, 0.2) is 34.2 Å². The first-order valence-corrected chi connectivity index (χ1v) is 10.2. The van der Waals surface area contributed by atoms with E-state index in [9.17, 15) is 9.59 Å². The van der Waals surface area contributed by atoms with Crippen molar-refractivity contribution in [1.82, 2.24) is 20.2 Å². The Hall–Kier alpha value is -2.72. The molecular weight excluding hydrogens is 398 g/mol. The van der Waals surface area contributed by atoms with Gasteiger partial charge in [-0.25, -0.2) is 4.98 Å². The molecule has 0 fully saturated rings. The summed E-state index contributed by atoms with van der Waals surface area (Å²) in [6, 6.07) is 7.71. The summed E-state index contributed by atoms with van der Waals surface area (Å²) in [5, 5.41) is 12.0. The molecule has 0 bridgehead atoms. The second-order valence-electron chi connectivity index (χ2n) is 5.93. The van der Waals surface area contributed by atoms with Crippen LogP contribution in [0.4, 0.5) is 5.13 Å². The summed E-state index contributed by atoms with van der Waals surface area (Å²) >= 11 is 2.69. The normalized spacial score (nSPS) is 10.7. The van der Waals surface area contributed by atoms with Crippen molar-refractivity contribution in [3.8, 4) is 5.75 Å². The summed E-state index contributed by atoms with van der Waals surface area (Å²) in [5.41, 5.74) is 1.61. The number of carbonyl (C=O) groups is 1. The number of aromatic nitrogens is 4. The summed E-state index contributed by atoms with van der Waals surface area (Å²) in [4.78, 5) is 31.8. The number of ether oxygens (including phenoxy) is 1. The second kappa shape index (κ2) is 8.98. The van der Waals surface area contributed by atoms with Crippen LogP contribution >= 0.6 is 23.1 Å². The van der Waals surface area contributed by atoms with Crippen LogP contribution in [0.2, 0.25) is 0 Å². The smallest absolute Gasteiger partial charge is 0.255 e. The van der Waals surface area contributed by atoms with E-state index in [1.807, 2.05) is 24.3 Å². The summed E-state index contributed by atoms with van der Waals surface area (Å²) in [5.74, 6) is 1.08. The second-order valence-corrected chi connectivity index (χ2v) is 8.07. The molecule has 0 saturated heterocycles.